The van der Waals surface area contributed by atoms with E-state index >= 15 is 0 Å². The number of carbonyl (C=O) groups is 2. The summed E-state index contributed by atoms with van der Waals surface area (Å²) in [4.78, 5) is 39.9. The Morgan fingerprint density at radius 3 is 2.50 bits per heavy atom. The van der Waals surface area contributed by atoms with Gasteiger partial charge in [0, 0.05) is 48.6 Å². The predicted octanol–water partition coefficient (Wildman–Crippen LogP) is 6.10. The largest absolute Gasteiger partial charge is 0.444 e. The number of para-hydroxylation sites is 1. The average molecular weight is 600 g/mol. The summed E-state index contributed by atoms with van der Waals surface area (Å²) in [7, 11) is 0. The number of ether oxygens (including phenoxy) is 1. The van der Waals surface area contributed by atoms with Crippen molar-refractivity contribution in [3.05, 3.63) is 54.1 Å². The maximum atomic E-state index is 12.7. The molecule has 2 amide bonds. The lowest BCUT2D eigenvalue weighted by molar-refractivity contribution is -0.118. The smallest absolute Gasteiger partial charge is 0.410 e. The fourth-order valence-corrected chi connectivity index (χ4v) is 6.55. The van der Waals surface area contributed by atoms with Gasteiger partial charge in [0.15, 0.2) is 0 Å². The Morgan fingerprint density at radius 1 is 1.11 bits per heavy atom. The van der Waals surface area contributed by atoms with Crippen LogP contribution >= 0.6 is 0 Å². The molecule has 44 heavy (non-hydrogen) atoms. The standard InChI is InChI=1S/C34H45N7O3/c1-34(2,3)44-33(43)39-17-15-29(16-18-39)41(28-12-8-5-9-13-28)24-38(25-42)23-30-20-27-22-36-31(21-35)37-32(27)40(30)19-14-26-10-6-4-7-11-26/h5,8-9,12-13,20,22,25-26,29H,4,6-7,10-11,14-19,23-24H2,1-3H3. The first kappa shape index (κ1) is 31.3. The molecule has 0 unspecified atom stereocenters. The van der Waals surface area contributed by atoms with E-state index in [9.17, 15) is 14.9 Å². The van der Waals surface area contributed by atoms with Crippen LogP contribution in [0.15, 0.2) is 42.6 Å². The number of hydrogen-bond acceptors (Lipinski definition) is 7. The van der Waals surface area contributed by atoms with E-state index in [1.54, 1.807) is 16.0 Å². The molecule has 2 aliphatic rings. The van der Waals surface area contributed by atoms with Crippen LogP contribution in [0, 0.1) is 17.2 Å². The monoisotopic (exact) mass is 599 g/mol. The van der Waals surface area contributed by atoms with E-state index in [0.29, 0.717) is 32.2 Å². The third kappa shape index (κ3) is 7.87. The zero-order valence-electron chi connectivity index (χ0n) is 26.3. The van der Waals surface area contributed by atoms with Gasteiger partial charge in [-0.25, -0.2) is 14.8 Å². The number of amides is 2. The molecule has 1 saturated heterocycles. The third-order valence-electron chi connectivity index (χ3n) is 8.80. The molecule has 1 saturated carbocycles. The Balaban J connectivity index is 1.35. The van der Waals surface area contributed by atoms with Crippen molar-refractivity contribution >= 4 is 29.2 Å². The van der Waals surface area contributed by atoms with Gasteiger partial charge in [-0.2, -0.15) is 5.26 Å². The van der Waals surface area contributed by atoms with E-state index in [-0.39, 0.29) is 18.0 Å². The highest BCUT2D eigenvalue weighted by Gasteiger charge is 2.31. The molecule has 3 heterocycles. The Hall–Kier alpha value is -4.13. The van der Waals surface area contributed by atoms with Crippen molar-refractivity contribution in [2.75, 3.05) is 24.7 Å². The number of anilines is 1. The first-order chi connectivity index (χ1) is 21.2. The summed E-state index contributed by atoms with van der Waals surface area (Å²) in [6.45, 7) is 8.45. The number of aromatic nitrogens is 3. The van der Waals surface area contributed by atoms with Crippen molar-refractivity contribution < 1.29 is 14.3 Å². The fourth-order valence-electron chi connectivity index (χ4n) is 6.55. The van der Waals surface area contributed by atoms with Crippen LogP contribution in [0.5, 0.6) is 0 Å². The van der Waals surface area contributed by atoms with Crippen LogP contribution in [-0.4, -0.2) is 68.2 Å². The number of carbonyl (C=O) groups excluding carboxylic acids is 2. The predicted molar refractivity (Wildman–Crippen MR) is 170 cm³/mol. The normalized spacial score (nSPS) is 16.5. The molecule has 0 bridgehead atoms. The summed E-state index contributed by atoms with van der Waals surface area (Å²) < 4.78 is 7.79. The minimum atomic E-state index is -0.533. The molecular weight excluding hydrogens is 554 g/mol. The minimum Gasteiger partial charge on any atom is -0.444 e. The maximum Gasteiger partial charge on any atom is 0.410 e. The number of nitriles is 1. The van der Waals surface area contributed by atoms with Crippen molar-refractivity contribution in [3.63, 3.8) is 0 Å². The second kappa shape index (κ2) is 14.1. The highest BCUT2D eigenvalue weighted by atomic mass is 16.6. The number of hydrogen-bond donors (Lipinski definition) is 0. The van der Waals surface area contributed by atoms with Crippen LogP contribution in [0.25, 0.3) is 11.0 Å². The number of fused-ring (bicyclic) bond motifs is 1. The second-order valence-corrected chi connectivity index (χ2v) is 13.2. The zero-order chi connectivity index (χ0) is 31.1. The van der Waals surface area contributed by atoms with Gasteiger partial charge < -0.3 is 24.0 Å². The molecule has 2 fully saturated rings. The number of nitrogens with zero attached hydrogens (tertiary/aromatic N) is 7. The Kier molecular flexibility index (Phi) is 10.0. The lowest BCUT2D eigenvalue weighted by atomic mass is 9.87. The topological polar surface area (TPSA) is 108 Å². The highest BCUT2D eigenvalue weighted by molar-refractivity contribution is 5.77. The van der Waals surface area contributed by atoms with E-state index in [1.807, 2.05) is 39.0 Å². The average Bonchev–Trinajstić information content (AvgIpc) is 3.38. The van der Waals surface area contributed by atoms with E-state index < -0.39 is 5.60 Å². The van der Waals surface area contributed by atoms with E-state index in [2.05, 4.69) is 43.7 Å². The summed E-state index contributed by atoms with van der Waals surface area (Å²) in [6.07, 6.45) is 11.4. The first-order valence-electron chi connectivity index (χ1n) is 16.0. The van der Waals surface area contributed by atoms with Crippen molar-refractivity contribution in [1.29, 1.82) is 5.26 Å². The third-order valence-corrected chi connectivity index (χ3v) is 8.80. The van der Waals surface area contributed by atoms with Gasteiger partial charge in [0.2, 0.25) is 12.2 Å². The molecule has 1 aromatic carbocycles. The van der Waals surface area contributed by atoms with Crippen LogP contribution < -0.4 is 4.90 Å². The lowest BCUT2D eigenvalue weighted by Gasteiger charge is -2.41. The molecule has 1 aliphatic heterocycles. The summed E-state index contributed by atoms with van der Waals surface area (Å²) in [5.74, 6) is 0.843. The van der Waals surface area contributed by atoms with Crippen molar-refractivity contribution in [1.82, 2.24) is 24.3 Å². The molecule has 2 aromatic heterocycles. The Morgan fingerprint density at radius 2 is 1.84 bits per heavy atom. The zero-order valence-corrected chi connectivity index (χ0v) is 26.3. The van der Waals surface area contributed by atoms with E-state index in [1.165, 1.54) is 32.1 Å². The number of piperidine rings is 1. The molecule has 0 spiro atoms. The fraction of sp³-hybridized carbons (Fsp3) is 0.559. The molecule has 0 N–H and O–H groups in total. The molecular formula is C34H45N7O3. The van der Waals surface area contributed by atoms with Gasteiger partial charge in [-0.15, -0.1) is 0 Å². The van der Waals surface area contributed by atoms with Crippen LogP contribution in [0.3, 0.4) is 0 Å². The van der Waals surface area contributed by atoms with Crippen LogP contribution in [-0.2, 0) is 22.6 Å². The van der Waals surface area contributed by atoms with Crippen molar-refractivity contribution in [3.8, 4) is 6.07 Å². The van der Waals surface area contributed by atoms with Crippen LogP contribution in [0.2, 0.25) is 0 Å². The SMILES string of the molecule is CC(C)(C)OC(=O)N1CCC(N(CN(C=O)Cc2cc3cnc(C#N)nc3n2CCC2CCCCC2)c2ccccc2)CC1. The molecule has 0 atom stereocenters. The molecule has 0 radical (unpaired) electrons. The van der Waals surface area contributed by atoms with Crippen molar-refractivity contribution in [2.24, 2.45) is 5.92 Å². The number of rotatable bonds is 10. The van der Waals surface area contributed by atoms with E-state index in [0.717, 1.165) is 54.6 Å². The summed E-state index contributed by atoms with van der Waals surface area (Å²) in [5, 5.41) is 10.3. The van der Waals surface area contributed by atoms with Crippen LogP contribution in [0.1, 0.15) is 83.7 Å². The summed E-state index contributed by atoms with van der Waals surface area (Å²) in [5.41, 5.74) is 2.25. The van der Waals surface area contributed by atoms with Crippen LogP contribution in [0.4, 0.5) is 10.5 Å². The number of likely N-dealkylation sites (tertiary alicyclic amines) is 1. The highest BCUT2D eigenvalue weighted by Crippen LogP contribution is 2.29. The van der Waals surface area contributed by atoms with Gasteiger partial charge in [0.05, 0.1) is 13.2 Å². The Labute approximate surface area is 260 Å². The first-order valence-corrected chi connectivity index (χ1v) is 16.0. The number of benzene rings is 1. The molecule has 1 aliphatic carbocycles. The van der Waals surface area contributed by atoms with Gasteiger partial charge >= 0.3 is 6.09 Å². The molecule has 10 heteroatoms. The van der Waals surface area contributed by atoms with Gasteiger partial charge in [-0.3, -0.25) is 4.79 Å². The lowest BCUT2D eigenvalue weighted by Crippen LogP contribution is -2.50. The summed E-state index contributed by atoms with van der Waals surface area (Å²) in [6, 6.07) is 14.4. The van der Waals surface area contributed by atoms with Gasteiger partial charge in [-0.05, 0) is 64.2 Å². The number of aryl methyl sites for hydroxylation is 1. The molecule has 10 nitrogen and oxygen atoms in total. The molecule has 5 rings (SSSR count). The van der Waals surface area contributed by atoms with E-state index in [4.69, 9.17) is 4.74 Å². The molecule has 234 valence electrons. The van der Waals surface area contributed by atoms with Crippen molar-refractivity contribution in [2.45, 2.75) is 96.9 Å². The van der Waals surface area contributed by atoms with Gasteiger partial charge in [0.1, 0.15) is 17.3 Å². The molecule has 3 aromatic rings. The second-order valence-electron chi connectivity index (χ2n) is 13.2. The quantitative estimate of drug-likeness (QED) is 0.205. The minimum absolute atomic E-state index is 0.153. The van der Waals surface area contributed by atoms with Gasteiger partial charge in [-0.1, -0.05) is 50.3 Å². The van der Waals surface area contributed by atoms with Gasteiger partial charge in [0.25, 0.3) is 0 Å². The maximum absolute atomic E-state index is 12.7. The Bertz CT molecular complexity index is 1450. The summed E-state index contributed by atoms with van der Waals surface area (Å²) >= 11 is 0.